The summed E-state index contributed by atoms with van der Waals surface area (Å²) in [7, 11) is 3.96. The second kappa shape index (κ2) is 14.9. The molecule has 3 aromatic rings. The predicted octanol–water partition coefficient (Wildman–Crippen LogP) is 3.99. The molecule has 3 aromatic carbocycles. The van der Waals surface area contributed by atoms with Gasteiger partial charge in [0, 0.05) is 25.3 Å². The predicted molar refractivity (Wildman–Crippen MR) is 173 cm³/mol. The number of methoxy groups -OCH3 is 1. The average molecular weight is 647 g/mol. The zero-order valence-electron chi connectivity index (χ0n) is 25.6. The fraction of sp³-hybridized carbons (Fsp3) is 0.312. The van der Waals surface area contributed by atoms with Gasteiger partial charge in [-0.2, -0.15) is 10.0 Å². The van der Waals surface area contributed by atoms with Gasteiger partial charge in [-0.15, -0.1) is 9.24 Å². The zero-order valence-corrected chi connectivity index (χ0v) is 26.8. The Balaban J connectivity index is 1.37. The normalized spacial score (nSPS) is 14.7. The number of benzene rings is 3. The lowest BCUT2D eigenvalue weighted by Crippen LogP contribution is -2.49. The molecule has 0 saturated carbocycles. The Kier molecular flexibility index (Phi) is 10.6. The van der Waals surface area contributed by atoms with Gasteiger partial charge in [0.1, 0.15) is 24.5 Å². The Hall–Kier alpha value is -4.87. The number of carbonyl (C=O) groups excluding carboxylic acids is 4. The molecule has 5 rings (SSSR count). The molecule has 46 heavy (non-hydrogen) atoms. The first kappa shape index (κ1) is 32.5. The van der Waals surface area contributed by atoms with E-state index in [0.29, 0.717) is 49.3 Å². The Labute approximate surface area is 268 Å². The van der Waals surface area contributed by atoms with Gasteiger partial charge in [0.05, 0.1) is 31.6 Å². The van der Waals surface area contributed by atoms with E-state index in [1.165, 1.54) is 18.1 Å². The third-order valence-electron chi connectivity index (χ3n) is 7.39. The second-order valence-corrected chi connectivity index (χ2v) is 11.1. The van der Waals surface area contributed by atoms with E-state index in [9.17, 15) is 19.2 Å². The van der Waals surface area contributed by atoms with Gasteiger partial charge in [0.2, 0.25) is 0 Å². The Morgan fingerprint density at radius 1 is 0.978 bits per heavy atom. The second-order valence-electron chi connectivity index (χ2n) is 10.5. The number of hydrogen-bond donors (Lipinski definition) is 0. The number of para-hydroxylation sites is 1. The standard InChI is InChI=1S/C32H35N6O7P/c1-3-14-36(23-12-13-26(43-2)25(19-23)31(41)45-21-22-8-5-4-6-9-22)32(42)37-20-28(39)38(34-33-37)29-24(10-7-11-27(29)46)30(40)35-15-17-44-18-16-35/h4-13,19H,3,14-18,20-21,46H2,1-2H3. The SMILES string of the molecule is CCCN(C(=O)N1CC(=O)N(c2c(P)cccc2C(=O)N2CCOCC2)N=N1)c1ccc(OC)c(C(=O)OCc2ccccc2)c1. The molecule has 1 unspecified atom stereocenters. The van der Waals surface area contributed by atoms with Crippen LogP contribution in [-0.2, 0) is 20.9 Å². The van der Waals surface area contributed by atoms with Crippen molar-refractivity contribution in [2.24, 2.45) is 10.4 Å². The number of hydrogen-bond acceptors (Lipinski definition) is 9. The quantitative estimate of drug-likeness (QED) is 0.254. The summed E-state index contributed by atoms with van der Waals surface area (Å²) in [5.41, 5.74) is 1.92. The van der Waals surface area contributed by atoms with Crippen LogP contribution < -0.4 is 20.0 Å². The van der Waals surface area contributed by atoms with Crippen LogP contribution in [0.25, 0.3) is 0 Å². The van der Waals surface area contributed by atoms with Crippen LogP contribution in [0, 0.1) is 0 Å². The first-order valence-corrected chi connectivity index (χ1v) is 15.4. The fourth-order valence-corrected chi connectivity index (χ4v) is 5.46. The van der Waals surface area contributed by atoms with E-state index in [1.807, 2.05) is 37.3 Å². The number of urea groups is 1. The zero-order chi connectivity index (χ0) is 32.6. The van der Waals surface area contributed by atoms with Crippen molar-refractivity contribution in [3.63, 3.8) is 0 Å². The summed E-state index contributed by atoms with van der Waals surface area (Å²) in [6.45, 7) is 3.53. The molecule has 0 aliphatic carbocycles. The van der Waals surface area contributed by atoms with Crippen LogP contribution in [0.4, 0.5) is 16.2 Å². The molecule has 2 aliphatic rings. The summed E-state index contributed by atoms with van der Waals surface area (Å²) < 4.78 is 16.3. The Morgan fingerprint density at radius 2 is 1.74 bits per heavy atom. The number of amides is 4. The molecular weight excluding hydrogens is 611 g/mol. The largest absolute Gasteiger partial charge is 0.496 e. The number of esters is 1. The van der Waals surface area contributed by atoms with E-state index >= 15 is 0 Å². The van der Waals surface area contributed by atoms with Crippen molar-refractivity contribution in [3.8, 4) is 5.75 Å². The summed E-state index contributed by atoms with van der Waals surface area (Å²) in [4.78, 5) is 56.8. The van der Waals surface area contributed by atoms with Crippen molar-refractivity contribution < 1.29 is 33.4 Å². The average Bonchev–Trinajstić information content (AvgIpc) is 3.09. The van der Waals surface area contributed by atoms with Crippen LogP contribution in [-0.4, -0.2) is 80.2 Å². The summed E-state index contributed by atoms with van der Waals surface area (Å²) in [5.74, 6) is -1.14. The van der Waals surface area contributed by atoms with Crippen LogP contribution in [0.3, 0.4) is 0 Å². The molecule has 0 spiro atoms. The third kappa shape index (κ3) is 7.16. The molecule has 2 aliphatic heterocycles. The summed E-state index contributed by atoms with van der Waals surface area (Å²) >= 11 is 0. The molecule has 4 amide bonds. The summed E-state index contributed by atoms with van der Waals surface area (Å²) in [6.07, 6.45) is 0.573. The van der Waals surface area contributed by atoms with Crippen LogP contribution in [0.5, 0.6) is 5.75 Å². The van der Waals surface area contributed by atoms with E-state index in [1.54, 1.807) is 35.2 Å². The van der Waals surface area contributed by atoms with Crippen LogP contribution >= 0.6 is 9.24 Å². The fourth-order valence-electron chi connectivity index (χ4n) is 5.07. The van der Waals surface area contributed by atoms with Crippen molar-refractivity contribution in [1.29, 1.82) is 0 Å². The molecule has 1 atom stereocenters. The maximum Gasteiger partial charge on any atom is 0.346 e. The van der Waals surface area contributed by atoms with E-state index in [-0.39, 0.29) is 36.1 Å². The molecule has 13 nitrogen and oxygen atoms in total. The van der Waals surface area contributed by atoms with Gasteiger partial charge in [-0.05, 0) is 52.0 Å². The molecular formula is C32H35N6O7P. The van der Waals surface area contributed by atoms with Crippen LogP contribution in [0.2, 0.25) is 0 Å². The van der Waals surface area contributed by atoms with E-state index in [4.69, 9.17) is 14.2 Å². The highest BCUT2D eigenvalue weighted by Gasteiger charge is 2.34. The van der Waals surface area contributed by atoms with Crippen LogP contribution in [0.1, 0.15) is 39.6 Å². The maximum absolute atomic E-state index is 13.8. The van der Waals surface area contributed by atoms with E-state index < -0.39 is 24.5 Å². The van der Waals surface area contributed by atoms with Crippen molar-refractivity contribution >= 4 is 49.7 Å². The topological polar surface area (TPSA) is 134 Å². The van der Waals surface area contributed by atoms with Gasteiger partial charge < -0.3 is 19.1 Å². The number of ether oxygens (including phenoxy) is 3. The van der Waals surface area contributed by atoms with Gasteiger partial charge in [0.15, 0.2) is 0 Å². The molecule has 2 heterocycles. The minimum Gasteiger partial charge on any atom is -0.496 e. The minimum absolute atomic E-state index is 0.0661. The first-order valence-electron chi connectivity index (χ1n) is 14.8. The van der Waals surface area contributed by atoms with Crippen molar-refractivity contribution in [3.05, 3.63) is 83.4 Å². The number of rotatable bonds is 9. The van der Waals surface area contributed by atoms with E-state index in [0.717, 1.165) is 15.6 Å². The van der Waals surface area contributed by atoms with Gasteiger partial charge in [0.25, 0.3) is 11.8 Å². The molecule has 0 N–H and O–H groups in total. The minimum atomic E-state index is -0.617. The maximum atomic E-state index is 13.8. The Morgan fingerprint density at radius 3 is 2.43 bits per heavy atom. The number of nitrogens with zero attached hydrogens (tertiary/aromatic N) is 6. The highest BCUT2D eigenvalue weighted by Crippen LogP contribution is 2.29. The molecule has 1 fully saturated rings. The van der Waals surface area contributed by atoms with E-state index in [2.05, 4.69) is 19.7 Å². The lowest BCUT2D eigenvalue weighted by Gasteiger charge is -2.32. The van der Waals surface area contributed by atoms with Gasteiger partial charge >= 0.3 is 12.0 Å². The van der Waals surface area contributed by atoms with Crippen molar-refractivity contribution in [2.75, 3.05) is 56.4 Å². The van der Waals surface area contributed by atoms with Gasteiger partial charge in [-0.3, -0.25) is 14.5 Å². The summed E-state index contributed by atoms with van der Waals surface area (Å²) in [5, 5.41) is 10.7. The number of carbonyl (C=O) groups is 4. The number of morpholine rings is 1. The molecule has 0 radical (unpaired) electrons. The lowest BCUT2D eigenvalue weighted by atomic mass is 10.1. The smallest absolute Gasteiger partial charge is 0.346 e. The lowest BCUT2D eigenvalue weighted by molar-refractivity contribution is -0.120. The summed E-state index contributed by atoms with van der Waals surface area (Å²) in [6, 6.07) is 18.5. The number of anilines is 2. The van der Waals surface area contributed by atoms with Crippen LogP contribution in [0.15, 0.2) is 77.2 Å². The first-order chi connectivity index (χ1) is 22.3. The molecule has 14 heteroatoms. The highest BCUT2D eigenvalue weighted by molar-refractivity contribution is 7.28. The molecule has 1 saturated heterocycles. The van der Waals surface area contributed by atoms with Gasteiger partial charge in [-0.25, -0.2) is 9.59 Å². The molecule has 0 bridgehead atoms. The molecule has 240 valence electrons. The van der Waals surface area contributed by atoms with Gasteiger partial charge in [-0.1, -0.05) is 49.4 Å². The highest BCUT2D eigenvalue weighted by atomic mass is 31.0. The third-order valence-corrected chi connectivity index (χ3v) is 7.86. The van der Waals surface area contributed by atoms with Crippen molar-refractivity contribution in [1.82, 2.24) is 9.91 Å². The monoisotopic (exact) mass is 646 g/mol. The van der Waals surface area contributed by atoms with Crippen molar-refractivity contribution in [2.45, 2.75) is 20.0 Å². The Bertz CT molecular complexity index is 1630. The molecule has 0 aromatic heterocycles.